The van der Waals surface area contributed by atoms with Crippen molar-refractivity contribution in [2.45, 2.75) is 17.7 Å². The van der Waals surface area contributed by atoms with Gasteiger partial charge in [0.15, 0.2) is 0 Å². The van der Waals surface area contributed by atoms with E-state index in [1.54, 1.807) is 31.4 Å². The van der Waals surface area contributed by atoms with Crippen LogP contribution in [-0.4, -0.2) is 15.5 Å². The fraction of sp³-hybridized carbons (Fsp3) is 0.158. The van der Waals surface area contributed by atoms with E-state index in [0.717, 1.165) is 18.2 Å². The van der Waals surface area contributed by atoms with Crippen molar-refractivity contribution in [3.63, 3.8) is 0 Å². The summed E-state index contributed by atoms with van der Waals surface area (Å²) in [5.41, 5.74) is 3.19. The summed E-state index contributed by atoms with van der Waals surface area (Å²) in [7, 11) is -2.09. The van der Waals surface area contributed by atoms with Crippen molar-refractivity contribution in [2.75, 3.05) is 11.8 Å². The van der Waals surface area contributed by atoms with Gasteiger partial charge in [0.1, 0.15) is 5.75 Å². The Morgan fingerprint density at radius 3 is 2.33 bits per heavy atom. The average molecular weight is 339 g/mol. The minimum absolute atomic E-state index is 0.214. The molecular formula is C19H17NO3S. The van der Waals surface area contributed by atoms with Gasteiger partial charge in [-0.3, -0.25) is 4.72 Å². The Bertz CT molecular complexity index is 1010. The quantitative estimate of drug-likeness (QED) is 0.788. The predicted octanol–water partition coefficient (Wildman–Crippen LogP) is 3.75. The number of hydrogen-bond acceptors (Lipinski definition) is 3. The minimum atomic E-state index is -3.64. The number of methoxy groups -OCH3 is 1. The summed E-state index contributed by atoms with van der Waals surface area (Å²) in [6.07, 6.45) is 2.03. The molecule has 0 saturated heterocycles. The Hall–Kier alpha value is -2.53. The summed E-state index contributed by atoms with van der Waals surface area (Å²) in [4.78, 5) is 0.214. The average Bonchev–Trinajstić information content (AvgIpc) is 3.02. The molecule has 0 spiro atoms. The molecule has 24 heavy (non-hydrogen) atoms. The molecule has 1 aliphatic carbocycles. The number of hydrogen-bond donors (Lipinski definition) is 1. The molecule has 1 aliphatic rings. The highest BCUT2D eigenvalue weighted by molar-refractivity contribution is 7.92. The van der Waals surface area contributed by atoms with E-state index in [0.29, 0.717) is 11.4 Å². The Morgan fingerprint density at radius 1 is 0.917 bits per heavy atom. The largest absolute Gasteiger partial charge is 0.497 e. The van der Waals surface area contributed by atoms with Crippen molar-refractivity contribution in [3.8, 4) is 5.75 Å². The summed E-state index contributed by atoms with van der Waals surface area (Å²) >= 11 is 0. The molecule has 3 aromatic rings. The molecule has 0 heterocycles. The van der Waals surface area contributed by atoms with Crippen molar-refractivity contribution >= 4 is 26.5 Å². The van der Waals surface area contributed by atoms with Gasteiger partial charge in [0.05, 0.1) is 17.7 Å². The van der Waals surface area contributed by atoms with Crippen molar-refractivity contribution in [1.29, 1.82) is 0 Å². The summed E-state index contributed by atoms with van der Waals surface area (Å²) in [6.45, 7) is 0. The van der Waals surface area contributed by atoms with E-state index in [-0.39, 0.29) is 4.90 Å². The maximum Gasteiger partial charge on any atom is 0.261 e. The lowest BCUT2D eigenvalue weighted by molar-refractivity contribution is 0.414. The zero-order chi connectivity index (χ0) is 16.7. The van der Waals surface area contributed by atoms with Crippen molar-refractivity contribution < 1.29 is 13.2 Å². The topological polar surface area (TPSA) is 55.4 Å². The van der Waals surface area contributed by atoms with Crippen LogP contribution in [0.3, 0.4) is 0 Å². The molecule has 3 aromatic carbocycles. The second-order valence-electron chi connectivity index (χ2n) is 5.89. The van der Waals surface area contributed by atoms with Gasteiger partial charge in [-0.1, -0.05) is 24.3 Å². The second kappa shape index (κ2) is 5.53. The highest BCUT2D eigenvalue weighted by atomic mass is 32.2. The van der Waals surface area contributed by atoms with Crippen LogP contribution in [0.5, 0.6) is 5.75 Å². The van der Waals surface area contributed by atoms with Crippen molar-refractivity contribution in [3.05, 3.63) is 65.7 Å². The van der Waals surface area contributed by atoms with Crippen LogP contribution in [0.2, 0.25) is 0 Å². The van der Waals surface area contributed by atoms with Gasteiger partial charge >= 0.3 is 0 Å². The highest BCUT2D eigenvalue weighted by Crippen LogP contribution is 2.35. The molecule has 0 radical (unpaired) electrons. The number of benzene rings is 3. The zero-order valence-electron chi connectivity index (χ0n) is 13.2. The first-order chi connectivity index (χ1) is 11.6. The number of ether oxygens (including phenoxy) is 1. The molecule has 0 aliphatic heterocycles. The molecule has 0 unspecified atom stereocenters. The van der Waals surface area contributed by atoms with Gasteiger partial charge in [-0.25, -0.2) is 8.42 Å². The first kappa shape index (κ1) is 15.0. The van der Waals surface area contributed by atoms with Crippen LogP contribution in [-0.2, 0) is 22.9 Å². The predicted molar refractivity (Wildman–Crippen MR) is 95.2 cm³/mol. The van der Waals surface area contributed by atoms with Gasteiger partial charge in [-0.2, -0.15) is 0 Å². The van der Waals surface area contributed by atoms with Crippen LogP contribution in [0.25, 0.3) is 10.8 Å². The number of aryl methyl sites for hydroxylation is 2. The van der Waals surface area contributed by atoms with Crippen molar-refractivity contribution in [1.82, 2.24) is 0 Å². The molecule has 0 bridgehead atoms. The van der Waals surface area contributed by atoms with Crippen LogP contribution in [0, 0.1) is 0 Å². The standard InChI is InChI=1S/C19H17NO3S/c1-23-15-8-10-16(11-9-15)24(21,22)20-18-12-7-14-6-5-13-3-2-4-17(18)19(13)14/h2-4,7-12,20H,5-6H2,1H3. The molecule has 0 aromatic heterocycles. The minimum Gasteiger partial charge on any atom is -0.497 e. The lowest BCUT2D eigenvalue weighted by Crippen LogP contribution is -2.13. The summed E-state index contributed by atoms with van der Waals surface area (Å²) in [5.74, 6) is 0.624. The first-order valence-electron chi connectivity index (χ1n) is 7.79. The normalized spacial score (nSPS) is 13.2. The second-order valence-corrected chi connectivity index (χ2v) is 7.58. The fourth-order valence-corrected chi connectivity index (χ4v) is 4.37. The molecule has 0 fully saturated rings. The molecule has 0 atom stereocenters. The maximum absolute atomic E-state index is 12.7. The number of nitrogens with one attached hydrogen (secondary N) is 1. The molecular weight excluding hydrogens is 322 g/mol. The summed E-state index contributed by atoms with van der Waals surface area (Å²) < 4.78 is 33.2. The van der Waals surface area contributed by atoms with Gasteiger partial charge in [0.25, 0.3) is 10.0 Å². The monoisotopic (exact) mass is 339 g/mol. The number of rotatable bonds is 4. The van der Waals surface area contributed by atoms with E-state index in [2.05, 4.69) is 10.8 Å². The van der Waals surface area contributed by atoms with Gasteiger partial charge < -0.3 is 4.74 Å². The molecule has 1 N–H and O–H groups in total. The van der Waals surface area contributed by atoms with E-state index < -0.39 is 10.0 Å². The number of anilines is 1. The van der Waals surface area contributed by atoms with Crippen LogP contribution < -0.4 is 9.46 Å². The zero-order valence-corrected chi connectivity index (χ0v) is 14.1. The smallest absolute Gasteiger partial charge is 0.261 e. The molecule has 4 nitrogen and oxygen atoms in total. The lowest BCUT2D eigenvalue weighted by Gasteiger charge is -2.12. The van der Waals surface area contributed by atoms with Crippen LogP contribution in [0.1, 0.15) is 11.1 Å². The van der Waals surface area contributed by atoms with E-state index in [9.17, 15) is 8.42 Å². The van der Waals surface area contributed by atoms with Crippen LogP contribution in [0.4, 0.5) is 5.69 Å². The lowest BCUT2D eigenvalue weighted by atomic mass is 10.0. The van der Waals surface area contributed by atoms with Gasteiger partial charge in [0, 0.05) is 5.39 Å². The van der Waals surface area contributed by atoms with E-state index in [1.165, 1.54) is 16.5 Å². The molecule has 4 rings (SSSR count). The SMILES string of the molecule is COc1ccc(S(=O)(=O)Nc2ccc3c4c(cccc24)CC3)cc1. The maximum atomic E-state index is 12.7. The molecule has 5 heteroatoms. The first-order valence-corrected chi connectivity index (χ1v) is 9.27. The van der Waals surface area contributed by atoms with E-state index >= 15 is 0 Å². The van der Waals surface area contributed by atoms with E-state index in [1.807, 2.05) is 24.3 Å². The van der Waals surface area contributed by atoms with Gasteiger partial charge in [0.2, 0.25) is 0 Å². The molecule has 0 amide bonds. The highest BCUT2D eigenvalue weighted by Gasteiger charge is 2.19. The Labute approximate surface area is 141 Å². The van der Waals surface area contributed by atoms with Crippen LogP contribution in [0.15, 0.2) is 59.5 Å². The summed E-state index contributed by atoms with van der Waals surface area (Å²) in [6, 6.07) is 16.3. The van der Waals surface area contributed by atoms with Crippen molar-refractivity contribution in [2.24, 2.45) is 0 Å². The third-order valence-corrected chi connectivity index (χ3v) is 5.87. The van der Waals surface area contributed by atoms with Crippen LogP contribution >= 0.6 is 0 Å². The summed E-state index contributed by atoms with van der Waals surface area (Å²) in [5, 5.41) is 2.15. The van der Waals surface area contributed by atoms with Gasteiger partial charge in [-0.15, -0.1) is 0 Å². The Morgan fingerprint density at radius 2 is 1.62 bits per heavy atom. The Kier molecular flexibility index (Phi) is 3.46. The third kappa shape index (κ3) is 2.41. The molecule has 122 valence electrons. The fourth-order valence-electron chi connectivity index (χ4n) is 3.29. The van der Waals surface area contributed by atoms with Gasteiger partial charge in [-0.05, 0) is 59.7 Å². The third-order valence-electron chi connectivity index (χ3n) is 4.49. The number of sulfonamides is 1. The molecule has 0 saturated carbocycles. The Balaban J connectivity index is 1.76. The van der Waals surface area contributed by atoms with E-state index in [4.69, 9.17) is 4.74 Å².